The molecule has 1 aromatic rings. The summed E-state index contributed by atoms with van der Waals surface area (Å²) in [6, 6.07) is 7.36. The van der Waals surface area contributed by atoms with Gasteiger partial charge in [-0.05, 0) is 12.5 Å². The molecule has 0 bridgehead atoms. The highest BCUT2D eigenvalue weighted by molar-refractivity contribution is 5.83. The molecule has 0 radical (unpaired) electrons. The van der Waals surface area contributed by atoms with Crippen molar-refractivity contribution >= 4 is 5.91 Å². The van der Waals surface area contributed by atoms with Gasteiger partial charge in [0.05, 0.1) is 6.10 Å². The Labute approximate surface area is 107 Å². The number of likely N-dealkylation sites (N-methyl/N-ethyl adjacent to an activating group) is 1. The van der Waals surface area contributed by atoms with E-state index in [1.165, 1.54) is 0 Å². The van der Waals surface area contributed by atoms with Crippen LogP contribution < -0.4 is 4.74 Å². The number of hydrogen-bond donors (Lipinski definition) is 1. The van der Waals surface area contributed by atoms with Gasteiger partial charge in [-0.1, -0.05) is 25.1 Å². The average Bonchev–Trinajstić information content (AvgIpc) is 2.70. The Morgan fingerprint density at radius 1 is 1.50 bits per heavy atom. The van der Waals surface area contributed by atoms with Gasteiger partial charge in [0.1, 0.15) is 5.75 Å². The van der Waals surface area contributed by atoms with Crippen molar-refractivity contribution in [3.05, 3.63) is 29.8 Å². The molecule has 0 aromatic heterocycles. The van der Waals surface area contributed by atoms with Crippen molar-refractivity contribution in [2.75, 3.05) is 13.6 Å². The Morgan fingerprint density at radius 3 is 2.83 bits per heavy atom. The number of nitrogens with zero attached hydrogens (tertiary/aromatic N) is 1. The van der Waals surface area contributed by atoms with Crippen LogP contribution in [0.4, 0.5) is 0 Å². The fraction of sp³-hybridized carbons (Fsp3) is 0.500. The average molecular weight is 249 g/mol. The summed E-state index contributed by atoms with van der Waals surface area (Å²) in [4.78, 5) is 13.5. The van der Waals surface area contributed by atoms with Gasteiger partial charge in [-0.3, -0.25) is 4.79 Å². The smallest absolute Gasteiger partial charge is 0.263 e. The lowest BCUT2D eigenvalue weighted by Crippen LogP contribution is -2.29. The zero-order chi connectivity index (χ0) is 13.1. The van der Waals surface area contributed by atoms with Gasteiger partial charge in [-0.15, -0.1) is 0 Å². The number of benzene rings is 1. The molecule has 2 unspecified atom stereocenters. The van der Waals surface area contributed by atoms with Gasteiger partial charge < -0.3 is 14.7 Å². The summed E-state index contributed by atoms with van der Waals surface area (Å²) in [5, 5.41) is 9.93. The summed E-state index contributed by atoms with van der Waals surface area (Å²) in [5.41, 5.74) is 0.752. The van der Waals surface area contributed by atoms with Gasteiger partial charge >= 0.3 is 0 Å². The van der Waals surface area contributed by atoms with Gasteiger partial charge in [0.2, 0.25) is 0 Å². The Bertz CT molecular complexity index is 433. The highest BCUT2D eigenvalue weighted by atomic mass is 16.5. The van der Waals surface area contributed by atoms with E-state index in [9.17, 15) is 9.90 Å². The predicted molar refractivity (Wildman–Crippen MR) is 68.4 cm³/mol. The van der Waals surface area contributed by atoms with Crippen LogP contribution in [-0.2, 0) is 4.79 Å². The van der Waals surface area contributed by atoms with Crippen molar-refractivity contribution in [2.24, 2.45) is 0 Å². The number of aliphatic hydroxyl groups excluding tert-OH is 1. The monoisotopic (exact) mass is 249 g/mol. The van der Waals surface area contributed by atoms with Crippen LogP contribution in [0.1, 0.15) is 31.4 Å². The van der Waals surface area contributed by atoms with Crippen molar-refractivity contribution in [1.29, 1.82) is 0 Å². The minimum absolute atomic E-state index is 0.00999. The third-order valence-electron chi connectivity index (χ3n) is 3.31. The molecule has 1 heterocycles. The molecule has 98 valence electrons. The van der Waals surface area contributed by atoms with Crippen molar-refractivity contribution in [2.45, 2.75) is 32.0 Å². The summed E-state index contributed by atoms with van der Waals surface area (Å²) in [6.07, 6.45) is 0.362. The van der Waals surface area contributed by atoms with Gasteiger partial charge in [-0.2, -0.15) is 0 Å². The molecular formula is C14H19NO3. The van der Waals surface area contributed by atoms with E-state index in [4.69, 9.17) is 4.74 Å². The summed E-state index contributed by atoms with van der Waals surface area (Å²) < 4.78 is 5.76. The third kappa shape index (κ3) is 2.48. The SMILES string of the molecule is CCC(O)c1ccccc1OC1CCN(C)C1=O. The second-order valence-corrected chi connectivity index (χ2v) is 4.62. The maximum absolute atomic E-state index is 11.8. The van der Waals surface area contributed by atoms with E-state index >= 15 is 0 Å². The molecule has 1 aliphatic heterocycles. The molecule has 18 heavy (non-hydrogen) atoms. The number of ether oxygens (including phenoxy) is 1. The van der Waals surface area contributed by atoms with Gasteiger partial charge in [0.25, 0.3) is 5.91 Å². The van der Waals surface area contributed by atoms with Crippen LogP contribution in [0.15, 0.2) is 24.3 Å². The van der Waals surface area contributed by atoms with Crippen LogP contribution >= 0.6 is 0 Å². The highest BCUT2D eigenvalue weighted by Gasteiger charge is 2.31. The van der Waals surface area contributed by atoms with Crippen molar-refractivity contribution in [1.82, 2.24) is 4.90 Å². The normalized spacial score (nSPS) is 21.2. The van der Waals surface area contributed by atoms with Crippen LogP contribution in [0.3, 0.4) is 0 Å². The number of likely N-dealkylation sites (tertiary alicyclic amines) is 1. The van der Waals surface area contributed by atoms with Crippen molar-refractivity contribution in [3.8, 4) is 5.75 Å². The molecule has 0 saturated carbocycles. The number of rotatable bonds is 4. The van der Waals surface area contributed by atoms with E-state index in [1.807, 2.05) is 25.1 Å². The topological polar surface area (TPSA) is 49.8 Å². The van der Waals surface area contributed by atoms with Gasteiger partial charge in [0.15, 0.2) is 6.10 Å². The number of carbonyl (C=O) groups excluding carboxylic acids is 1. The molecule has 1 saturated heterocycles. The summed E-state index contributed by atoms with van der Waals surface area (Å²) >= 11 is 0. The molecule has 1 aliphatic rings. The number of aliphatic hydroxyl groups is 1. The predicted octanol–water partition coefficient (Wildman–Crippen LogP) is 1.74. The number of para-hydroxylation sites is 1. The number of amides is 1. The molecule has 4 nitrogen and oxygen atoms in total. The first kappa shape index (κ1) is 12.9. The number of hydrogen-bond acceptors (Lipinski definition) is 3. The van der Waals surface area contributed by atoms with Crippen LogP contribution in [0.5, 0.6) is 5.75 Å². The van der Waals surface area contributed by atoms with Crippen molar-refractivity contribution < 1.29 is 14.6 Å². The molecule has 4 heteroatoms. The zero-order valence-electron chi connectivity index (χ0n) is 10.8. The molecule has 2 rings (SSSR count). The first-order valence-corrected chi connectivity index (χ1v) is 6.32. The fourth-order valence-corrected chi connectivity index (χ4v) is 2.14. The largest absolute Gasteiger partial charge is 0.480 e. The quantitative estimate of drug-likeness (QED) is 0.884. The number of carbonyl (C=O) groups is 1. The van der Waals surface area contributed by atoms with E-state index in [-0.39, 0.29) is 5.91 Å². The minimum Gasteiger partial charge on any atom is -0.480 e. The standard InChI is InChI=1S/C14H19NO3/c1-3-11(16)10-6-4-5-7-12(10)18-13-8-9-15(2)14(13)17/h4-7,11,13,16H,3,8-9H2,1-2H3. The summed E-state index contributed by atoms with van der Waals surface area (Å²) in [7, 11) is 1.78. The lowest BCUT2D eigenvalue weighted by Gasteiger charge is -2.18. The molecule has 1 N–H and O–H groups in total. The first-order valence-electron chi connectivity index (χ1n) is 6.32. The fourth-order valence-electron chi connectivity index (χ4n) is 2.14. The summed E-state index contributed by atoms with van der Waals surface area (Å²) in [6.45, 7) is 2.64. The van der Waals surface area contributed by atoms with E-state index in [2.05, 4.69) is 0 Å². The van der Waals surface area contributed by atoms with E-state index < -0.39 is 12.2 Å². The Morgan fingerprint density at radius 2 is 2.22 bits per heavy atom. The molecular weight excluding hydrogens is 230 g/mol. The zero-order valence-corrected chi connectivity index (χ0v) is 10.8. The first-order chi connectivity index (χ1) is 8.63. The van der Waals surface area contributed by atoms with Gasteiger partial charge in [-0.25, -0.2) is 0 Å². The van der Waals surface area contributed by atoms with Crippen LogP contribution in [0.25, 0.3) is 0 Å². The molecule has 1 amide bonds. The van der Waals surface area contributed by atoms with E-state index in [0.29, 0.717) is 18.6 Å². The van der Waals surface area contributed by atoms with Gasteiger partial charge in [0, 0.05) is 25.6 Å². The Kier molecular flexibility index (Phi) is 3.87. The molecule has 2 atom stereocenters. The van der Waals surface area contributed by atoms with Crippen LogP contribution in [-0.4, -0.2) is 35.6 Å². The molecule has 0 aliphatic carbocycles. The maximum Gasteiger partial charge on any atom is 0.263 e. The Hall–Kier alpha value is -1.55. The van der Waals surface area contributed by atoms with E-state index in [0.717, 1.165) is 12.1 Å². The molecule has 0 spiro atoms. The second kappa shape index (κ2) is 5.40. The lowest BCUT2D eigenvalue weighted by atomic mass is 10.1. The van der Waals surface area contributed by atoms with E-state index in [1.54, 1.807) is 18.0 Å². The Balaban J connectivity index is 2.16. The maximum atomic E-state index is 11.8. The third-order valence-corrected chi connectivity index (χ3v) is 3.31. The highest BCUT2D eigenvalue weighted by Crippen LogP contribution is 2.29. The van der Waals surface area contributed by atoms with Crippen molar-refractivity contribution in [3.63, 3.8) is 0 Å². The molecule has 1 aromatic carbocycles. The minimum atomic E-state index is -0.546. The van der Waals surface area contributed by atoms with Crippen LogP contribution in [0, 0.1) is 0 Å². The van der Waals surface area contributed by atoms with Crippen LogP contribution in [0.2, 0.25) is 0 Å². The molecule has 1 fully saturated rings. The lowest BCUT2D eigenvalue weighted by molar-refractivity contribution is -0.132. The summed E-state index contributed by atoms with van der Waals surface area (Å²) in [5.74, 6) is 0.622. The second-order valence-electron chi connectivity index (χ2n) is 4.62.